The fraction of sp³-hybridized carbons (Fsp3) is 0.729. The van der Waals surface area contributed by atoms with Crippen LogP contribution in [0.3, 0.4) is 0 Å². The van der Waals surface area contributed by atoms with Crippen molar-refractivity contribution in [1.82, 2.24) is 0 Å². The normalized spacial score (nSPS) is 19.0. The fourth-order valence-corrected chi connectivity index (χ4v) is 7.98. The summed E-state index contributed by atoms with van der Waals surface area (Å²) in [4.78, 5) is 50.9. The summed E-state index contributed by atoms with van der Waals surface area (Å²) in [6.45, 7) is 5.80. The second kappa shape index (κ2) is 47.2. The van der Waals surface area contributed by atoms with E-state index in [4.69, 9.17) is 23.7 Å². The highest BCUT2D eigenvalue weighted by Crippen LogP contribution is 2.26. The molecular weight excluding hydrogens is 901 g/mol. The molecule has 0 aromatic carbocycles. The number of carbonyl (C=O) groups excluding carboxylic acids is 3. The summed E-state index contributed by atoms with van der Waals surface area (Å²) in [6.07, 6.45) is 46.0. The monoisotopic (exact) mass is 999 g/mol. The first-order chi connectivity index (χ1) is 34.6. The lowest BCUT2D eigenvalue weighted by Crippen LogP contribution is -2.61. The van der Waals surface area contributed by atoms with E-state index in [0.29, 0.717) is 19.3 Å². The first-order valence-corrected chi connectivity index (χ1v) is 27.9. The number of aliphatic carboxylic acids is 1. The summed E-state index contributed by atoms with van der Waals surface area (Å²) in [5.41, 5.74) is 0. The van der Waals surface area contributed by atoms with E-state index in [1.54, 1.807) is 0 Å². The fourth-order valence-electron chi connectivity index (χ4n) is 7.98. The Bertz CT molecular complexity index is 1510. The minimum atomic E-state index is -1.92. The van der Waals surface area contributed by atoms with E-state index in [9.17, 15) is 34.5 Å². The van der Waals surface area contributed by atoms with Crippen molar-refractivity contribution < 1.29 is 58.2 Å². The maximum atomic E-state index is 13.0. The number of carbonyl (C=O) groups is 4. The lowest BCUT2D eigenvalue weighted by atomic mass is 9.98. The van der Waals surface area contributed by atoms with Crippen LogP contribution in [0, 0.1) is 0 Å². The van der Waals surface area contributed by atoms with E-state index in [0.717, 1.165) is 109 Å². The van der Waals surface area contributed by atoms with E-state index >= 15 is 0 Å². The average Bonchev–Trinajstić information content (AvgIpc) is 3.35. The van der Waals surface area contributed by atoms with Crippen LogP contribution in [0.2, 0.25) is 0 Å². The van der Waals surface area contributed by atoms with Crippen molar-refractivity contribution in [2.24, 2.45) is 0 Å². The number of allylic oxidation sites excluding steroid dienone is 12. The van der Waals surface area contributed by atoms with Gasteiger partial charge in [0.15, 0.2) is 24.6 Å². The summed E-state index contributed by atoms with van der Waals surface area (Å²) < 4.78 is 28.3. The van der Waals surface area contributed by atoms with Gasteiger partial charge >= 0.3 is 23.9 Å². The van der Waals surface area contributed by atoms with Crippen molar-refractivity contribution in [3.05, 3.63) is 72.9 Å². The number of unbranched alkanes of at least 4 members (excludes halogenated alkanes) is 20. The molecule has 6 atom stereocenters. The van der Waals surface area contributed by atoms with Crippen molar-refractivity contribution in [2.45, 2.75) is 263 Å². The highest BCUT2D eigenvalue weighted by Gasteiger charge is 2.50. The number of hydrogen-bond acceptors (Lipinski definition) is 11. The summed E-state index contributed by atoms with van der Waals surface area (Å²) in [6, 6.07) is 0. The van der Waals surface area contributed by atoms with Gasteiger partial charge < -0.3 is 39.0 Å². The Morgan fingerprint density at radius 2 is 0.887 bits per heavy atom. The predicted molar refractivity (Wildman–Crippen MR) is 285 cm³/mol. The zero-order valence-corrected chi connectivity index (χ0v) is 44.4. The van der Waals surface area contributed by atoms with Gasteiger partial charge in [0.2, 0.25) is 0 Å². The zero-order chi connectivity index (χ0) is 51.8. The highest BCUT2D eigenvalue weighted by molar-refractivity contribution is 5.74. The molecule has 6 unspecified atom stereocenters. The highest BCUT2D eigenvalue weighted by atomic mass is 16.7. The van der Waals surface area contributed by atoms with Crippen LogP contribution in [-0.2, 0) is 42.9 Å². The average molecular weight is 999 g/mol. The van der Waals surface area contributed by atoms with Crippen molar-refractivity contribution in [3.63, 3.8) is 0 Å². The molecule has 12 heteroatoms. The Labute approximate surface area is 429 Å². The molecule has 0 bridgehead atoms. The van der Waals surface area contributed by atoms with Gasteiger partial charge in [0.1, 0.15) is 18.8 Å². The van der Waals surface area contributed by atoms with Crippen LogP contribution >= 0.6 is 0 Å². The van der Waals surface area contributed by atoms with Crippen molar-refractivity contribution in [1.29, 1.82) is 0 Å². The third-order valence-electron chi connectivity index (χ3n) is 12.3. The van der Waals surface area contributed by atoms with Crippen LogP contribution < -0.4 is 0 Å². The lowest BCUT2D eigenvalue weighted by molar-refractivity contribution is -0.301. The number of carboxylic acid groups (broad SMARTS) is 1. The van der Waals surface area contributed by atoms with Gasteiger partial charge in [0.25, 0.3) is 0 Å². The Balaban J connectivity index is 2.69. The van der Waals surface area contributed by atoms with Crippen LogP contribution in [0.4, 0.5) is 0 Å². The quantitative estimate of drug-likeness (QED) is 0.0228. The number of carboxylic acids is 1. The first kappa shape index (κ1) is 65.2. The summed E-state index contributed by atoms with van der Waals surface area (Å²) in [5.74, 6) is -3.17. The van der Waals surface area contributed by atoms with Crippen molar-refractivity contribution >= 4 is 23.9 Å². The molecule has 0 amide bonds. The number of esters is 3. The SMILES string of the molecule is CC/C=C\C/C=C\C/C=C\C/C=C\C/C=C\CCCCCC(=O)OC1C(OCC(COC(=O)CCCCCCC/C=C\CCCCCC)OC(=O)CCCCCCCCCCC)OC(C(=O)O)C(O)C1O. The van der Waals surface area contributed by atoms with Crippen LogP contribution in [0.1, 0.15) is 226 Å². The van der Waals surface area contributed by atoms with Gasteiger partial charge in [-0.1, -0.05) is 190 Å². The molecule has 0 saturated carbocycles. The van der Waals surface area contributed by atoms with E-state index in [-0.39, 0.29) is 25.9 Å². The van der Waals surface area contributed by atoms with Crippen LogP contribution in [0.5, 0.6) is 0 Å². The third-order valence-corrected chi connectivity index (χ3v) is 12.3. The maximum absolute atomic E-state index is 13.0. The Kier molecular flexibility index (Phi) is 43.3. The van der Waals surface area contributed by atoms with Gasteiger partial charge in [0, 0.05) is 19.3 Å². The molecule has 12 nitrogen and oxygen atoms in total. The molecule has 0 aliphatic carbocycles. The molecule has 406 valence electrons. The van der Waals surface area contributed by atoms with E-state index < -0.39 is 67.3 Å². The molecule has 1 saturated heterocycles. The molecule has 0 radical (unpaired) electrons. The number of aliphatic hydroxyl groups excluding tert-OH is 2. The summed E-state index contributed by atoms with van der Waals surface area (Å²) in [5, 5.41) is 31.4. The summed E-state index contributed by atoms with van der Waals surface area (Å²) in [7, 11) is 0. The van der Waals surface area contributed by atoms with E-state index in [1.165, 1.54) is 57.8 Å². The number of rotatable bonds is 46. The molecule has 1 aliphatic heterocycles. The minimum Gasteiger partial charge on any atom is -0.479 e. The second-order valence-electron chi connectivity index (χ2n) is 18.8. The Morgan fingerprint density at radius 1 is 0.479 bits per heavy atom. The van der Waals surface area contributed by atoms with Crippen LogP contribution in [-0.4, -0.2) is 89.2 Å². The molecule has 0 aromatic heterocycles. The first-order valence-electron chi connectivity index (χ1n) is 27.9. The standard InChI is InChI=1S/C59H98O12/c1-4-7-10-13-16-19-21-23-24-25-26-27-28-30-32-35-38-41-44-47-53(62)70-57-55(64)54(63)56(58(65)66)71-59(57)68-49-50(69-52(61)46-43-40-37-33-18-15-12-9-6-3)48-67-51(60)45-42-39-36-34-31-29-22-20-17-14-11-8-5-2/h7,10,16,19-20,22-24,26-27,30,32,50,54-57,59,63-64H,4-6,8-9,11-15,17-18,21,25,28-29,31,33-49H2,1-3H3,(H,65,66)/b10-7-,19-16-,22-20-,24-23-,27-26-,32-30-. The van der Waals surface area contributed by atoms with Gasteiger partial charge in [-0.25, -0.2) is 4.79 Å². The number of hydrogen-bond donors (Lipinski definition) is 3. The minimum absolute atomic E-state index is 0.0195. The largest absolute Gasteiger partial charge is 0.479 e. The maximum Gasteiger partial charge on any atom is 0.335 e. The lowest BCUT2D eigenvalue weighted by Gasteiger charge is -2.40. The smallest absolute Gasteiger partial charge is 0.335 e. The van der Waals surface area contributed by atoms with Gasteiger partial charge in [0.05, 0.1) is 6.61 Å². The molecule has 3 N–H and O–H groups in total. The zero-order valence-electron chi connectivity index (χ0n) is 44.4. The molecule has 1 fully saturated rings. The van der Waals surface area contributed by atoms with Crippen molar-refractivity contribution in [2.75, 3.05) is 13.2 Å². The van der Waals surface area contributed by atoms with Gasteiger partial charge in [-0.15, -0.1) is 0 Å². The van der Waals surface area contributed by atoms with Gasteiger partial charge in [-0.2, -0.15) is 0 Å². The molecule has 1 rings (SSSR count). The Morgan fingerprint density at radius 3 is 1.39 bits per heavy atom. The molecule has 1 aliphatic rings. The Hall–Kier alpha value is -3.84. The number of ether oxygens (including phenoxy) is 5. The van der Waals surface area contributed by atoms with Gasteiger partial charge in [-0.3, -0.25) is 14.4 Å². The topological polar surface area (TPSA) is 175 Å². The van der Waals surface area contributed by atoms with Crippen molar-refractivity contribution in [3.8, 4) is 0 Å². The molecule has 0 aromatic rings. The van der Waals surface area contributed by atoms with E-state index in [1.807, 2.05) is 0 Å². The molecule has 1 heterocycles. The number of aliphatic hydroxyl groups is 2. The van der Waals surface area contributed by atoms with Crippen LogP contribution in [0.15, 0.2) is 72.9 Å². The predicted octanol–water partition coefficient (Wildman–Crippen LogP) is 13.8. The molecular formula is C59H98O12. The van der Waals surface area contributed by atoms with E-state index in [2.05, 4.69) is 93.7 Å². The summed E-state index contributed by atoms with van der Waals surface area (Å²) >= 11 is 0. The van der Waals surface area contributed by atoms with Gasteiger partial charge in [-0.05, 0) is 89.9 Å². The third kappa shape index (κ3) is 37.6. The van der Waals surface area contributed by atoms with Crippen LogP contribution in [0.25, 0.3) is 0 Å². The molecule has 0 spiro atoms. The second-order valence-corrected chi connectivity index (χ2v) is 18.8. The molecule has 71 heavy (non-hydrogen) atoms.